The number of fused-ring (bicyclic) bond motifs is 1. The lowest BCUT2D eigenvalue weighted by atomic mass is 9.99. The molecule has 0 bridgehead atoms. The first kappa shape index (κ1) is 23.2. The fourth-order valence-electron chi connectivity index (χ4n) is 4.00. The Morgan fingerprint density at radius 3 is 1.38 bits per heavy atom. The SMILES string of the molecule is CC(C)c1cccc(C=Nc2cc3ccccc3cc2N=Cc2cccc(C(C)C)c2O)c1O. The Kier molecular flexibility index (Phi) is 6.78. The van der Waals surface area contributed by atoms with Gasteiger partial charge in [-0.25, -0.2) is 0 Å². The number of benzene rings is 4. The molecule has 172 valence electrons. The molecule has 0 amide bonds. The fourth-order valence-corrected chi connectivity index (χ4v) is 4.00. The van der Waals surface area contributed by atoms with Crippen molar-refractivity contribution in [3.05, 3.63) is 95.1 Å². The van der Waals surface area contributed by atoms with Crippen molar-refractivity contribution in [3.63, 3.8) is 0 Å². The highest BCUT2D eigenvalue weighted by atomic mass is 16.3. The van der Waals surface area contributed by atoms with E-state index >= 15 is 0 Å². The van der Waals surface area contributed by atoms with Crippen molar-refractivity contribution in [1.29, 1.82) is 0 Å². The van der Waals surface area contributed by atoms with Crippen LogP contribution in [-0.4, -0.2) is 22.6 Å². The number of hydrogen-bond acceptors (Lipinski definition) is 4. The highest BCUT2D eigenvalue weighted by Gasteiger charge is 2.11. The van der Waals surface area contributed by atoms with Gasteiger partial charge < -0.3 is 10.2 Å². The van der Waals surface area contributed by atoms with Gasteiger partial charge in [0.15, 0.2) is 0 Å². The number of phenolic OH excluding ortho intramolecular Hbond substituents is 2. The standard InChI is InChI=1S/C30H30N2O2/c1-19(2)25-13-7-11-23(29(25)33)17-31-27-15-21-9-5-6-10-22(21)16-28(27)32-18-24-12-8-14-26(20(3)4)30(24)34/h5-20,33-34H,1-4H3. The summed E-state index contributed by atoms with van der Waals surface area (Å²) in [5, 5.41) is 23.5. The highest BCUT2D eigenvalue weighted by molar-refractivity contribution is 5.95. The lowest BCUT2D eigenvalue weighted by Crippen LogP contribution is -1.92. The van der Waals surface area contributed by atoms with Gasteiger partial charge in [0.25, 0.3) is 0 Å². The molecule has 4 heteroatoms. The Morgan fingerprint density at radius 2 is 1.00 bits per heavy atom. The molecule has 0 unspecified atom stereocenters. The maximum atomic E-state index is 10.7. The van der Waals surface area contributed by atoms with Crippen LogP contribution in [0.4, 0.5) is 11.4 Å². The summed E-state index contributed by atoms with van der Waals surface area (Å²) in [6.07, 6.45) is 3.36. The van der Waals surface area contributed by atoms with Gasteiger partial charge in [-0.3, -0.25) is 9.98 Å². The average molecular weight is 451 g/mol. The first-order chi connectivity index (χ1) is 16.3. The molecule has 0 spiro atoms. The quantitative estimate of drug-likeness (QED) is 0.292. The van der Waals surface area contributed by atoms with Gasteiger partial charge in [-0.05, 0) is 58.0 Å². The molecule has 0 atom stereocenters. The average Bonchev–Trinajstić information content (AvgIpc) is 2.82. The number of hydrogen-bond donors (Lipinski definition) is 2. The highest BCUT2D eigenvalue weighted by Crippen LogP contribution is 2.35. The number of aliphatic imine (C=N–C) groups is 2. The van der Waals surface area contributed by atoms with Crippen LogP contribution in [0.2, 0.25) is 0 Å². The summed E-state index contributed by atoms with van der Waals surface area (Å²) in [5.74, 6) is 0.928. The molecule has 0 heterocycles. The van der Waals surface area contributed by atoms with Gasteiger partial charge in [-0.2, -0.15) is 0 Å². The maximum absolute atomic E-state index is 10.7. The van der Waals surface area contributed by atoms with Crippen LogP contribution < -0.4 is 0 Å². The van der Waals surface area contributed by atoms with Crippen molar-refractivity contribution < 1.29 is 10.2 Å². The largest absolute Gasteiger partial charge is 0.507 e. The zero-order valence-electron chi connectivity index (χ0n) is 20.0. The van der Waals surface area contributed by atoms with E-state index in [0.29, 0.717) is 22.5 Å². The van der Waals surface area contributed by atoms with Crippen LogP contribution in [0.25, 0.3) is 10.8 Å². The molecule has 0 aromatic heterocycles. The monoisotopic (exact) mass is 450 g/mol. The van der Waals surface area contributed by atoms with E-state index in [1.165, 1.54) is 0 Å². The Labute approximate surface area is 201 Å². The van der Waals surface area contributed by atoms with E-state index in [1.54, 1.807) is 12.4 Å². The number of rotatable bonds is 6. The molecule has 0 aliphatic carbocycles. The maximum Gasteiger partial charge on any atom is 0.127 e. The minimum atomic E-state index is 0.212. The van der Waals surface area contributed by atoms with Gasteiger partial charge in [-0.15, -0.1) is 0 Å². The molecule has 4 nitrogen and oxygen atoms in total. The van der Waals surface area contributed by atoms with E-state index in [4.69, 9.17) is 9.98 Å². The molecule has 2 N–H and O–H groups in total. The Balaban J connectivity index is 1.78. The molecule has 4 rings (SSSR count). The lowest BCUT2D eigenvalue weighted by molar-refractivity contribution is 0.463. The third-order valence-corrected chi connectivity index (χ3v) is 5.97. The van der Waals surface area contributed by atoms with Crippen LogP contribution in [0.15, 0.2) is 82.8 Å². The summed E-state index contributed by atoms with van der Waals surface area (Å²) in [5.41, 5.74) is 4.48. The van der Waals surface area contributed by atoms with Crippen LogP contribution in [0.5, 0.6) is 11.5 Å². The molecule has 0 radical (unpaired) electrons. The van der Waals surface area contributed by atoms with E-state index < -0.39 is 0 Å². The van der Waals surface area contributed by atoms with Crippen LogP contribution >= 0.6 is 0 Å². The van der Waals surface area contributed by atoms with E-state index in [9.17, 15) is 10.2 Å². The van der Waals surface area contributed by atoms with Crippen molar-refractivity contribution in [2.24, 2.45) is 9.98 Å². The zero-order valence-corrected chi connectivity index (χ0v) is 20.0. The van der Waals surface area contributed by atoms with E-state index in [1.807, 2.05) is 72.8 Å². The minimum Gasteiger partial charge on any atom is -0.507 e. The summed E-state index contributed by atoms with van der Waals surface area (Å²) in [7, 11) is 0. The number of phenols is 2. The van der Waals surface area contributed by atoms with Crippen molar-refractivity contribution in [1.82, 2.24) is 0 Å². The topological polar surface area (TPSA) is 65.2 Å². The Hall–Kier alpha value is -3.92. The van der Waals surface area contributed by atoms with Crippen molar-refractivity contribution in [2.45, 2.75) is 39.5 Å². The van der Waals surface area contributed by atoms with Gasteiger partial charge in [0.1, 0.15) is 11.5 Å². The molecule has 0 fully saturated rings. The van der Waals surface area contributed by atoms with Crippen LogP contribution in [0, 0.1) is 0 Å². The Morgan fingerprint density at radius 1 is 0.588 bits per heavy atom. The molecule has 0 saturated heterocycles. The van der Waals surface area contributed by atoms with Crippen LogP contribution in [-0.2, 0) is 0 Å². The minimum absolute atomic E-state index is 0.212. The molecule has 0 aliphatic heterocycles. The molecule has 0 aliphatic rings. The number of nitrogens with zero attached hydrogens (tertiary/aromatic N) is 2. The van der Waals surface area contributed by atoms with Crippen molar-refractivity contribution in [2.75, 3.05) is 0 Å². The van der Waals surface area contributed by atoms with Crippen LogP contribution in [0.3, 0.4) is 0 Å². The summed E-state index contributed by atoms with van der Waals surface area (Å²) >= 11 is 0. The Bertz CT molecular complexity index is 1280. The molecule has 0 saturated carbocycles. The third-order valence-electron chi connectivity index (χ3n) is 5.97. The predicted molar refractivity (Wildman–Crippen MR) is 143 cm³/mol. The molecule has 4 aromatic carbocycles. The second-order valence-electron chi connectivity index (χ2n) is 9.08. The van der Waals surface area contributed by atoms with Gasteiger partial charge in [0.05, 0.1) is 11.4 Å². The zero-order chi connectivity index (χ0) is 24.2. The first-order valence-electron chi connectivity index (χ1n) is 11.6. The molecular formula is C30H30N2O2. The normalized spacial score (nSPS) is 12.1. The smallest absolute Gasteiger partial charge is 0.127 e. The van der Waals surface area contributed by atoms with Gasteiger partial charge >= 0.3 is 0 Å². The van der Waals surface area contributed by atoms with Gasteiger partial charge in [0, 0.05) is 23.6 Å². The molecule has 34 heavy (non-hydrogen) atoms. The summed E-state index contributed by atoms with van der Waals surface area (Å²) in [6.45, 7) is 8.21. The summed E-state index contributed by atoms with van der Waals surface area (Å²) in [4.78, 5) is 9.41. The molecular weight excluding hydrogens is 420 g/mol. The summed E-state index contributed by atoms with van der Waals surface area (Å²) < 4.78 is 0. The summed E-state index contributed by atoms with van der Waals surface area (Å²) in [6, 6.07) is 23.5. The van der Waals surface area contributed by atoms with Gasteiger partial charge in [-0.1, -0.05) is 76.2 Å². The third kappa shape index (κ3) is 4.86. The van der Waals surface area contributed by atoms with Crippen molar-refractivity contribution >= 4 is 34.6 Å². The van der Waals surface area contributed by atoms with Gasteiger partial charge in [0.2, 0.25) is 0 Å². The predicted octanol–water partition coefficient (Wildman–Crippen LogP) is 8.00. The fraction of sp³-hybridized carbons (Fsp3) is 0.200. The van der Waals surface area contributed by atoms with Crippen LogP contribution in [0.1, 0.15) is 61.8 Å². The first-order valence-corrected chi connectivity index (χ1v) is 11.6. The van der Waals surface area contributed by atoms with E-state index in [2.05, 4.69) is 27.7 Å². The van der Waals surface area contributed by atoms with Crippen molar-refractivity contribution in [3.8, 4) is 11.5 Å². The number of para-hydroxylation sites is 2. The molecule has 4 aromatic rings. The van der Waals surface area contributed by atoms with E-state index in [0.717, 1.165) is 21.9 Å². The second-order valence-corrected chi connectivity index (χ2v) is 9.08. The second kappa shape index (κ2) is 9.92. The lowest BCUT2D eigenvalue weighted by Gasteiger charge is -2.10. The van der Waals surface area contributed by atoms with E-state index in [-0.39, 0.29) is 23.3 Å². The number of aromatic hydroxyl groups is 2.